The zero-order valence-electron chi connectivity index (χ0n) is 10.1. The molecule has 0 fully saturated rings. The van der Waals surface area contributed by atoms with Crippen LogP contribution in [0.15, 0.2) is 74.8 Å². The molecule has 1 N–H and O–H groups in total. The predicted molar refractivity (Wildman–Crippen MR) is 75.0 cm³/mol. The van der Waals surface area contributed by atoms with Gasteiger partial charge >= 0.3 is 0 Å². The van der Waals surface area contributed by atoms with Gasteiger partial charge in [0.25, 0.3) is 0 Å². The van der Waals surface area contributed by atoms with E-state index in [0.29, 0.717) is 0 Å². The van der Waals surface area contributed by atoms with E-state index in [1.165, 1.54) is 23.5 Å². The highest BCUT2D eigenvalue weighted by atomic mass is 15.5. The summed E-state index contributed by atoms with van der Waals surface area (Å²) in [6.07, 6.45) is 12.6. The molecule has 0 spiro atoms. The smallest absolute Gasteiger partial charge is 0.0530 e. The van der Waals surface area contributed by atoms with E-state index >= 15 is 0 Å². The summed E-state index contributed by atoms with van der Waals surface area (Å²) in [6.45, 7) is 0. The second-order valence-electron chi connectivity index (χ2n) is 3.45. The fourth-order valence-corrected chi connectivity index (χ4v) is 1.38. The summed E-state index contributed by atoms with van der Waals surface area (Å²) >= 11 is 0. The average Bonchev–Trinajstić information content (AvgIpc) is 2.63. The number of hydrogen-bond donors (Lipinski definition) is 1. The number of rotatable bonds is 0. The molecule has 6 nitrogen and oxygen atoms in total. The van der Waals surface area contributed by atoms with E-state index in [2.05, 4.69) is 55.5 Å². The summed E-state index contributed by atoms with van der Waals surface area (Å²) in [5.74, 6) is 0. The summed E-state index contributed by atoms with van der Waals surface area (Å²) in [6, 6.07) is 8.29. The number of benzene rings is 1. The first kappa shape index (κ1) is 12.6. The molecule has 0 saturated carbocycles. The van der Waals surface area contributed by atoms with Crippen LogP contribution in [0.4, 0.5) is 0 Å². The van der Waals surface area contributed by atoms with Crippen molar-refractivity contribution in [3.63, 3.8) is 0 Å². The third-order valence-electron chi connectivity index (χ3n) is 2.20. The molecule has 94 valence electrons. The molecule has 2 aliphatic heterocycles. The molecular weight excluding hydrogens is 240 g/mol. The Morgan fingerprint density at radius 3 is 2.32 bits per heavy atom. The summed E-state index contributed by atoms with van der Waals surface area (Å²) in [5.41, 5.74) is 2.52. The van der Waals surface area contributed by atoms with E-state index < -0.39 is 0 Å². The van der Waals surface area contributed by atoms with Gasteiger partial charge in [0.15, 0.2) is 0 Å². The van der Waals surface area contributed by atoms with Gasteiger partial charge in [0.1, 0.15) is 0 Å². The monoisotopic (exact) mass is 252 g/mol. The standard InChI is InChI=1S/C10H9N.C3H3N5/c1-2-4-10-6-8-11-7-5-9(10)3-1;1-2-4-6-8-7-5-3-1/h1-8,11H;1-3H. The third kappa shape index (κ3) is 4.47. The molecule has 0 aliphatic carbocycles. The van der Waals surface area contributed by atoms with Gasteiger partial charge in [0.2, 0.25) is 0 Å². The van der Waals surface area contributed by atoms with E-state index in [1.54, 1.807) is 6.08 Å². The maximum atomic E-state index is 3.42. The van der Waals surface area contributed by atoms with Crippen LogP contribution in [0.2, 0.25) is 0 Å². The summed E-state index contributed by atoms with van der Waals surface area (Å²) in [5, 5.41) is 19.5. The van der Waals surface area contributed by atoms with Gasteiger partial charge in [-0.15, -0.1) is 10.2 Å². The molecular formula is C13H12N6. The highest BCUT2D eigenvalue weighted by Crippen LogP contribution is 2.13. The quantitative estimate of drug-likeness (QED) is 0.753. The first-order valence-electron chi connectivity index (χ1n) is 5.63. The van der Waals surface area contributed by atoms with Crippen LogP contribution in [0.1, 0.15) is 11.1 Å². The van der Waals surface area contributed by atoms with E-state index in [9.17, 15) is 0 Å². The van der Waals surface area contributed by atoms with Gasteiger partial charge in [-0.2, -0.15) is 0 Å². The van der Waals surface area contributed by atoms with Crippen molar-refractivity contribution in [2.24, 2.45) is 25.9 Å². The average molecular weight is 252 g/mol. The molecule has 0 radical (unpaired) electrons. The van der Waals surface area contributed by atoms with Gasteiger partial charge in [0, 0.05) is 12.4 Å². The minimum absolute atomic E-state index is 1.26. The summed E-state index contributed by atoms with van der Waals surface area (Å²) in [4.78, 5) is 0. The number of allylic oxidation sites excluding steroid dienone is 1. The molecule has 6 heteroatoms. The van der Waals surface area contributed by atoms with Crippen LogP contribution in [0.5, 0.6) is 0 Å². The van der Waals surface area contributed by atoms with E-state index in [4.69, 9.17) is 0 Å². The van der Waals surface area contributed by atoms with Crippen LogP contribution in [0, 0.1) is 0 Å². The largest absolute Gasteiger partial charge is 0.368 e. The normalized spacial score (nSPS) is 14.5. The van der Waals surface area contributed by atoms with Gasteiger partial charge in [-0.1, -0.05) is 24.3 Å². The van der Waals surface area contributed by atoms with Crippen LogP contribution < -0.4 is 5.32 Å². The van der Waals surface area contributed by atoms with Crippen molar-refractivity contribution in [3.05, 3.63) is 60.1 Å². The van der Waals surface area contributed by atoms with Crippen LogP contribution in [-0.4, -0.2) is 6.21 Å². The Balaban J connectivity index is 0.000000148. The highest BCUT2D eigenvalue weighted by Gasteiger charge is 1.94. The van der Waals surface area contributed by atoms with Gasteiger partial charge in [-0.3, -0.25) is 0 Å². The van der Waals surface area contributed by atoms with Crippen molar-refractivity contribution in [1.29, 1.82) is 0 Å². The van der Waals surface area contributed by atoms with Gasteiger partial charge in [-0.05, 0) is 45.0 Å². The Hall–Kier alpha value is -2.89. The summed E-state index contributed by atoms with van der Waals surface area (Å²) in [7, 11) is 0. The predicted octanol–water partition coefficient (Wildman–Crippen LogP) is 3.55. The highest BCUT2D eigenvalue weighted by molar-refractivity contribution is 5.70. The first-order valence-corrected chi connectivity index (χ1v) is 5.63. The maximum absolute atomic E-state index is 3.42. The summed E-state index contributed by atoms with van der Waals surface area (Å²) < 4.78 is 0. The van der Waals surface area contributed by atoms with Gasteiger partial charge < -0.3 is 5.32 Å². The van der Waals surface area contributed by atoms with Crippen molar-refractivity contribution in [1.82, 2.24) is 5.32 Å². The number of hydrogen-bond acceptors (Lipinski definition) is 6. The minimum atomic E-state index is 1.26. The van der Waals surface area contributed by atoms with Crippen molar-refractivity contribution in [2.45, 2.75) is 0 Å². The molecule has 0 saturated heterocycles. The Labute approximate surface area is 110 Å². The lowest BCUT2D eigenvalue weighted by Crippen LogP contribution is -1.86. The molecule has 19 heavy (non-hydrogen) atoms. The number of nitrogens with one attached hydrogen (secondary N) is 1. The van der Waals surface area contributed by atoms with Gasteiger partial charge in [0.05, 0.1) is 12.4 Å². The zero-order valence-corrected chi connectivity index (χ0v) is 10.1. The molecule has 0 unspecified atom stereocenters. The second kappa shape index (κ2) is 7.44. The van der Waals surface area contributed by atoms with Crippen molar-refractivity contribution in [3.8, 4) is 0 Å². The van der Waals surface area contributed by atoms with Crippen molar-refractivity contribution in [2.75, 3.05) is 0 Å². The molecule has 1 aromatic rings. The molecule has 1 aromatic carbocycles. The Bertz CT molecular complexity index is 494. The minimum Gasteiger partial charge on any atom is -0.368 e. The van der Waals surface area contributed by atoms with Crippen LogP contribution >= 0.6 is 0 Å². The van der Waals surface area contributed by atoms with Crippen LogP contribution in [0.3, 0.4) is 0 Å². The molecule has 3 rings (SSSR count). The lowest BCUT2D eigenvalue weighted by molar-refractivity contribution is 0.891. The topological polar surface area (TPSA) is 73.8 Å². The SMILES string of the molecule is C1=CN=NN=NN=C1.C1=Cc2ccccc2C=CN1. The molecule has 2 aliphatic rings. The molecule has 0 aromatic heterocycles. The van der Waals surface area contributed by atoms with Crippen LogP contribution in [-0.2, 0) is 0 Å². The van der Waals surface area contributed by atoms with Gasteiger partial charge in [-0.25, -0.2) is 0 Å². The fourth-order valence-electron chi connectivity index (χ4n) is 1.38. The fraction of sp³-hybridized carbons (Fsp3) is 0. The van der Waals surface area contributed by atoms with E-state index in [0.717, 1.165) is 0 Å². The van der Waals surface area contributed by atoms with E-state index in [1.807, 2.05) is 24.5 Å². The van der Waals surface area contributed by atoms with Crippen LogP contribution in [0.25, 0.3) is 12.2 Å². The Morgan fingerprint density at radius 1 is 0.842 bits per heavy atom. The Morgan fingerprint density at radius 2 is 1.58 bits per heavy atom. The lowest BCUT2D eigenvalue weighted by atomic mass is 10.1. The third-order valence-corrected chi connectivity index (χ3v) is 2.20. The molecule has 2 heterocycles. The lowest BCUT2D eigenvalue weighted by Gasteiger charge is -1.95. The zero-order chi connectivity index (χ0) is 13.2. The molecule has 0 bridgehead atoms. The maximum Gasteiger partial charge on any atom is 0.0530 e. The molecule has 0 amide bonds. The number of fused-ring (bicyclic) bond motifs is 1. The Kier molecular flexibility index (Phi) is 4.92. The van der Waals surface area contributed by atoms with E-state index in [-0.39, 0.29) is 0 Å². The van der Waals surface area contributed by atoms with Crippen molar-refractivity contribution < 1.29 is 0 Å². The molecule has 0 atom stereocenters. The number of nitrogens with zero attached hydrogens (tertiary/aromatic N) is 5. The van der Waals surface area contributed by atoms with Crippen molar-refractivity contribution >= 4 is 18.4 Å². The second-order valence-corrected chi connectivity index (χ2v) is 3.45. The first-order chi connectivity index (χ1) is 9.47.